The number of nitrogens with two attached hydrogens (primary N) is 1. The predicted octanol–water partition coefficient (Wildman–Crippen LogP) is 1.06. The maximum atomic E-state index is 12.1. The summed E-state index contributed by atoms with van der Waals surface area (Å²) in [7, 11) is 0. The monoisotopic (exact) mass is 178 g/mol. The first-order chi connectivity index (χ1) is 5.44. The van der Waals surface area contributed by atoms with E-state index in [4.69, 9.17) is 5.73 Å². The number of halogens is 2. The number of alkyl halides is 2. The van der Waals surface area contributed by atoms with Crippen LogP contribution in [0, 0.1) is 0 Å². The summed E-state index contributed by atoms with van der Waals surface area (Å²) in [6, 6.07) is 0.0243. The minimum Gasteiger partial charge on any atom is -0.326 e. The van der Waals surface area contributed by atoms with Crippen LogP contribution in [0.25, 0.3) is 0 Å². The average molecular weight is 178 g/mol. The van der Waals surface area contributed by atoms with Gasteiger partial charge in [-0.15, -0.1) is 0 Å². The minimum absolute atomic E-state index is 0.0243. The maximum absolute atomic E-state index is 12.1. The standard InChI is InChI=1S/C8H16F2N2/c1-8(2)6(11)3-4-12(8)5-7(9)10/h6-7H,3-5,11H2,1-2H3. The third-order valence-corrected chi connectivity index (χ3v) is 2.79. The van der Waals surface area contributed by atoms with Gasteiger partial charge in [0.15, 0.2) is 0 Å². The number of likely N-dealkylation sites (tertiary alicyclic amines) is 1. The molecule has 1 rings (SSSR count). The highest BCUT2D eigenvalue weighted by atomic mass is 19.3. The Bertz CT molecular complexity index is 159. The van der Waals surface area contributed by atoms with Crippen molar-refractivity contribution in [3.05, 3.63) is 0 Å². The lowest BCUT2D eigenvalue weighted by Crippen LogP contribution is -2.50. The van der Waals surface area contributed by atoms with Crippen molar-refractivity contribution in [2.45, 2.75) is 38.3 Å². The molecular formula is C8H16F2N2. The SMILES string of the molecule is CC1(C)C(N)CCN1CC(F)F. The molecule has 1 aliphatic rings. The van der Waals surface area contributed by atoms with Gasteiger partial charge < -0.3 is 5.73 Å². The van der Waals surface area contributed by atoms with Crippen molar-refractivity contribution in [1.82, 2.24) is 4.90 Å². The van der Waals surface area contributed by atoms with Crippen LogP contribution in [0.15, 0.2) is 0 Å². The molecule has 1 heterocycles. The third-order valence-electron chi connectivity index (χ3n) is 2.79. The van der Waals surface area contributed by atoms with Crippen LogP contribution in [0.2, 0.25) is 0 Å². The topological polar surface area (TPSA) is 29.3 Å². The fourth-order valence-corrected chi connectivity index (χ4v) is 1.66. The van der Waals surface area contributed by atoms with E-state index < -0.39 is 6.43 Å². The summed E-state index contributed by atoms with van der Waals surface area (Å²) in [4.78, 5) is 1.77. The summed E-state index contributed by atoms with van der Waals surface area (Å²) in [5, 5.41) is 0. The molecule has 2 N–H and O–H groups in total. The molecular weight excluding hydrogens is 162 g/mol. The van der Waals surface area contributed by atoms with Crippen LogP contribution in [0.3, 0.4) is 0 Å². The number of nitrogens with zero attached hydrogens (tertiary/aromatic N) is 1. The van der Waals surface area contributed by atoms with Gasteiger partial charge in [-0.2, -0.15) is 0 Å². The molecule has 1 atom stereocenters. The van der Waals surface area contributed by atoms with E-state index in [0.29, 0.717) is 6.54 Å². The Morgan fingerprint density at radius 2 is 2.17 bits per heavy atom. The van der Waals surface area contributed by atoms with Crippen molar-refractivity contribution in [1.29, 1.82) is 0 Å². The third kappa shape index (κ3) is 1.75. The number of hydrogen-bond acceptors (Lipinski definition) is 2. The Morgan fingerprint density at radius 3 is 2.50 bits per heavy atom. The summed E-state index contributed by atoms with van der Waals surface area (Å²) in [5.74, 6) is 0. The lowest BCUT2D eigenvalue weighted by atomic mass is 9.97. The van der Waals surface area contributed by atoms with Crippen molar-refractivity contribution >= 4 is 0 Å². The van der Waals surface area contributed by atoms with E-state index >= 15 is 0 Å². The molecule has 0 aromatic heterocycles. The fraction of sp³-hybridized carbons (Fsp3) is 1.00. The Labute approximate surface area is 71.7 Å². The van der Waals surface area contributed by atoms with Gasteiger partial charge >= 0.3 is 0 Å². The molecule has 0 saturated carbocycles. The summed E-state index contributed by atoms with van der Waals surface area (Å²) < 4.78 is 24.1. The van der Waals surface area contributed by atoms with Crippen molar-refractivity contribution in [2.24, 2.45) is 5.73 Å². The van der Waals surface area contributed by atoms with Crippen molar-refractivity contribution in [3.8, 4) is 0 Å². The summed E-state index contributed by atoms with van der Waals surface area (Å²) in [5.41, 5.74) is 5.52. The molecule has 2 nitrogen and oxygen atoms in total. The Kier molecular flexibility index (Phi) is 2.68. The van der Waals surface area contributed by atoms with Crippen LogP contribution < -0.4 is 5.73 Å². The normalized spacial score (nSPS) is 30.0. The van der Waals surface area contributed by atoms with Gasteiger partial charge in [0.25, 0.3) is 6.43 Å². The summed E-state index contributed by atoms with van der Waals surface area (Å²) >= 11 is 0. The first-order valence-electron chi connectivity index (χ1n) is 4.23. The van der Waals surface area contributed by atoms with Crippen LogP contribution in [0.4, 0.5) is 8.78 Å². The van der Waals surface area contributed by atoms with Gasteiger partial charge in [-0.1, -0.05) is 0 Å². The second-order valence-corrected chi connectivity index (χ2v) is 3.89. The molecule has 1 unspecified atom stereocenters. The van der Waals surface area contributed by atoms with Gasteiger partial charge in [-0.25, -0.2) is 8.78 Å². The zero-order chi connectivity index (χ0) is 9.35. The molecule has 0 aliphatic carbocycles. The zero-order valence-corrected chi connectivity index (χ0v) is 7.56. The average Bonchev–Trinajstić information content (AvgIpc) is 2.15. The number of hydrogen-bond donors (Lipinski definition) is 1. The molecule has 0 radical (unpaired) electrons. The van der Waals surface area contributed by atoms with Gasteiger partial charge in [0.2, 0.25) is 0 Å². The van der Waals surface area contributed by atoms with E-state index in [1.807, 2.05) is 13.8 Å². The van der Waals surface area contributed by atoms with Gasteiger partial charge in [0.05, 0.1) is 6.54 Å². The van der Waals surface area contributed by atoms with Gasteiger partial charge in [-0.3, -0.25) is 4.90 Å². The smallest absolute Gasteiger partial charge is 0.251 e. The van der Waals surface area contributed by atoms with E-state index in [0.717, 1.165) is 6.42 Å². The van der Waals surface area contributed by atoms with Crippen molar-refractivity contribution in [2.75, 3.05) is 13.1 Å². The highest BCUT2D eigenvalue weighted by Gasteiger charge is 2.39. The second-order valence-electron chi connectivity index (χ2n) is 3.89. The summed E-state index contributed by atoms with van der Waals surface area (Å²) in [6.07, 6.45) is -1.44. The lowest BCUT2D eigenvalue weighted by Gasteiger charge is -2.34. The molecule has 0 aromatic carbocycles. The Morgan fingerprint density at radius 1 is 1.58 bits per heavy atom. The molecule has 1 fully saturated rings. The van der Waals surface area contributed by atoms with Crippen LogP contribution in [-0.4, -0.2) is 36.0 Å². The second kappa shape index (κ2) is 3.26. The highest BCUT2D eigenvalue weighted by molar-refractivity contribution is 4.98. The van der Waals surface area contributed by atoms with Crippen LogP contribution in [0.5, 0.6) is 0 Å². The molecule has 1 aliphatic heterocycles. The largest absolute Gasteiger partial charge is 0.326 e. The first kappa shape index (κ1) is 9.86. The quantitative estimate of drug-likeness (QED) is 0.685. The molecule has 0 spiro atoms. The van der Waals surface area contributed by atoms with E-state index in [1.165, 1.54) is 0 Å². The number of rotatable bonds is 2. The van der Waals surface area contributed by atoms with Gasteiger partial charge in [0, 0.05) is 18.1 Å². The molecule has 0 aromatic rings. The highest BCUT2D eigenvalue weighted by Crippen LogP contribution is 2.27. The Balaban J connectivity index is 2.56. The van der Waals surface area contributed by atoms with Crippen LogP contribution in [0.1, 0.15) is 20.3 Å². The molecule has 1 saturated heterocycles. The molecule has 12 heavy (non-hydrogen) atoms. The zero-order valence-electron chi connectivity index (χ0n) is 7.56. The fourth-order valence-electron chi connectivity index (χ4n) is 1.66. The van der Waals surface area contributed by atoms with Crippen molar-refractivity contribution < 1.29 is 8.78 Å². The maximum Gasteiger partial charge on any atom is 0.251 e. The summed E-state index contributed by atoms with van der Waals surface area (Å²) in [6.45, 7) is 4.39. The molecule has 72 valence electrons. The van der Waals surface area contributed by atoms with Gasteiger partial charge in [0.1, 0.15) is 0 Å². The first-order valence-corrected chi connectivity index (χ1v) is 4.23. The minimum atomic E-state index is -2.26. The molecule has 0 bridgehead atoms. The molecule has 4 heteroatoms. The van der Waals surface area contributed by atoms with E-state index in [9.17, 15) is 8.78 Å². The van der Waals surface area contributed by atoms with E-state index in [-0.39, 0.29) is 18.1 Å². The molecule has 0 amide bonds. The Hall–Kier alpha value is -0.220. The van der Waals surface area contributed by atoms with E-state index in [1.54, 1.807) is 4.90 Å². The van der Waals surface area contributed by atoms with E-state index in [2.05, 4.69) is 0 Å². The predicted molar refractivity (Wildman–Crippen MR) is 44.2 cm³/mol. The van der Waals surface area contributed by atoms with Crippen molar-refractivity contribution in [3.63, 3.8) is 0 Å². The van der Waals surface area contributed by atoms with Crippen LogP contribution in [-0.2, 0) is 0 Å². The van der Waals surface area contributed by atoms with Crippen LogP contribution >= 0.6 is 0 Å². The van der Waals surface area contributed by atoms with Gasteiger partial charge in [-0.05, 0) is 20.3 Å². The lowest BCUT2D eigenvalue weighted by molar-refractivity contribution is 0.0546.